The van der Waals surface area contributed by atoms with Gasteiger partial charge in [0.25, 0.3) is 0 Å². The average Bonchev–Trinajstić information content (AvgIpc) is 3.48. The lowest BCUT2D eigenvalue weighted by Crippen LogP contribution is -2.33. The second kappa shape index (κ2) is 7.97. The van der Waals surface area contributed by atoms with Crippen molar-refractivity contribution < 1.29 is 18.0 Å². The molecule has 0 spiro atoms. The van der Waals surface area contributed by atoms with Crippen LogP contribution in [-0.2, 0) is 11.2 Å². The maximum atomic E-state index is 12.7. The monoisotopic (exact) mass is 407 g/mol. The van der Waals surface area contributed by atoms with Crippen LogP contribution >= 0.6 is 11.8 Å². The molecule has 0 aromatic heterocycles. The minimum atomic E-state index is -4.72. The molecule has 0 radical (unpaired) electrons. The summed E-state index contributed by atoms with van der Waals surface area (Å²) in [5.41, 5.74) is 3.78. The quantitative estimate of drug-likeness (QED) is 0.654. The summed E-state index contributed by atoms with van der Waals surface area (Å²) in [4.78, 5) is 11.6. The molecular weight excluding hydrogens is 383 g/mol. The predicted octanol–water partition coefficient (Wildman–Crippen LogP) is 5.72. The Morgan fingerprint density at radius 1 is 1.18 bits per heavy atom. The number of Topliss-reactive ketones (excluding diaryl/α,β-unsaturated/α-hetero) is 1. The molecule has 28 heavy (non-hydrogen) atoms. The summed E-state index contributed by atoms with van der Waals surface area (Å²) in [6.07, 6.45) is 1.81. The van der Waals surface area contributed by atoms with Crippen molar-refractivity contribution in [2.45, 2.75) is 50.6 Å². The molecule has 1 aromatic rings. The van der Waals surface area contributed by atoms with Gasteiger partial charge in [0, 0.05) is 18.4 Å². The second-order valence-corrected chi connectivity index (χ2v) is 8.87. The third-order valence-corrected chi connectivity index (χ3v) is 6.93. The summed E-state index contributed by atoms with van der Waals surface area (Å²) < 4.78 is 38.2. The maximum absolute atomic E-state index is 12.7. The van der Waals surface area contributed by atoms with Crippen molar-refractivity contribution in [3.63, 3.8) is 0 Å². The molecule has 1 N–H and O–H groups in total. The van der Waals surface area contributed by atoms with Gasteiger partial charge in [0.05, 0.1) is 5.03 Å². The number of alkyl halides is 3. The number of thioether (sulfide) groups is 1. The number of fused-ring (bicyclic) bond motifs is 1. The molecule has 1 aliphatic heterocycles. The summed E-state index contributed by atoms with van der Waals surface area (Å²) >= 11 is 1.75. The van der Waals surface area contributed by atoms with E-state index in [9.17, 15) is 18.0 Å². The summed E-state index contributed by atoms with van der Waals surface area (Å²) in [5.74, 6) is -1.73. The molecule has 0 bridgehead atoms. The van der Waals surface area contributed by atoms with Crippen molar-refractivity contribution >= 4 is 17.5 Å². The minimum Gasteiger partial charge on any atom is -0.379 e. The van der Waals surface area contributed by atoms with E-state index in [0.29, 0.717) is 25.2 Å². The molecule has 2 saturated carbocycles. The Morgan fingerprint density at radius 2 is 1.96 bits per heavy atom. The lowest BCUT2D eigenvalue weighted by Gasteiger charge is -2.29. The van der Waals surface area contributed by atoms with E-state index in [1.54, 1.807) is 11.8 Å². The lowest BCUT2D eigenvalue weighted by atomic mass is 9.76. The molecule has 2 aliphatic carbocycles. The van der Waals surface area contributed by atoms with E-state index < -0.39 is 17.9 Å². The Labute approximate surface area is 167 Å². The zero-order chi connectivity index (χ0) is 19.7. The van der Waals surface area contributed by atoms with Gasteiger partial charge >= 0.3 is 6.18 Å². The third-order valence-electron chi connectivity index (χ3n) is 5.99. The first-order valence-corrected chi connectivity index (χ1v) is 10.8. The number of rotatable bonds is 6. The van der Waals surface area contributed by atoms with Crippen molar-refractivity contribution in [1.82, 2.24) is 5.32 Å². The number of hydrogen-bond acceptors (Lipinski definition) is 3. The van der Waals surface area contributed by atoms with Crippen LogP contribution in [0.1, 0.15) is 49.1 Å². The summed E-state index contributed by atoms with van der Waals surface area (Å²) in [5, 5.41) is 6.97. The highest BCUT2D eigenvalue weighted by Gasteiger charge is 2.44. The maximum Gasteiger partial charge on any atom is 0.450 e. The highest BCUT2D eigenvalue weighted by molar-refractivity contribution is 8.05. The topological polar surface area (TPSA) is 29.1 Å². The first-order valence-electron chi connectivity index (χ1n) is 9.92. The zero-order valence-electron chi connectivity index (χ0n) is 15.6. The zero-order valence-corrected chi connectivity index (χ0v) is 16.4. The standard InChI is InChI=1S/C22H24F3NOS/c23-22(24,25)20(27)18-3-1-2-16(12-18)15-6-4-14(5-7-15)8-10-26-21-19-13-17(19)9-11-28-21/h4-7,9,11,16-18,26H,1-3,8,10,12-13H2. The number of carbonyl (C=O) groups excluding carboxylic acids is 1. The van der Waals surface area contributed by atoms with Crippen molar-refractivity contribution in [3.05, 3.63) is 57.5 Å². The molecular formula is C22H24F3NOS. The van der Waals surface area contributed by atoms with Gasteiger partial charge in [-0.2, -0.15) is 13.2 Å². The van der Waals surface area contributed by atoms with Gasteiger partial charge in [0.15, 0.2) is 0 Å². The minimum absolute atomic E-state index is 0.0430. The Balaban J connectivity index is 1.30. The molecule has 150 valence electrons. The van der Waals surface area contributed by atoms with Crippen LogP contribution in [-0.4, -0.2) is 18.5 Å². The van der Waals surface area contributed by atoms with Gasteiger partial charge in [0.2, 0.25) is 5.78 Å². The number of benzene rings is 1. The molecule has 1 aromatic carbocycles. The van der Waals surface area contributed by atoms with Crippen LogP contribution in [0.3, 0.4) is 0 Å². The van der Waals surface area contributed by atoms with E-state index in [4.69, 9.17) is 0 Å². The van der Waals surface area contributed by atoms with E-state index >= 15 is 0 Å². The summed E-state index contributed by atoms with van der Waals surface area (Å²) in [6, 6.07) is 8.18. The fourth-order valence-electron chi connectivity index (χ4n) is 4.30. The van der Waals surface area contributed by atoms with Crippen molar-refractivity contribution in [1.29, 1.82) is 0 Å². The molecule has 1 heterocycles. The Hall–Kier alpha value is -1.69. The van der Waals surface area contributed by atoms with Gasteiger partial charge in [-0.25, -0.2) is 0 Å². The molecule has 4 rings (SSSR count). The highest BCUT2D eigenvalue weighted by atomic mass is 32.2. The number of hydrogen-bond donors (Lipinski definition) is 1. The number of halogens is 3. The van der Waals surface area contributed by atoms with E-state index in [0.717, 1.165) is 24.9 Å². The van der Waals surface area contributed by atoms with Gasteiger partial charge in [0.1, 0.15) is 0 Å². The van der Waals surface area contributed by atoms with Crippen molar-refractivity contribution in [2.24, 2.45) is 11.8 Å². The van der Waals surface area contributed by atoms with E-state index in [1.807, 2.05) is 12.1 Å². The molecule has 3 aliphatic rings. The Morgan fingerprint density at radius 3 is 2.71 bits per heavy atom. The summed E-state index contributed by atoms with van der Waals surface area (Å²) in [7, 11) is 0. The SMILES string of the molecule is O=C(C1CCCC(c2ccc(CCNC3=C4CC4C=CS3)cc2)C1)C(F)(F)F. The van der Waals surface area contributed by atoms with Crippen LogP contribution in [0.15, 0.2) is 46.4 Å². The third kappa shape index (κ3) is 4.48. The van der Waals surface area contributed by atoms with Gasteiger partial charge in [-0.3, -0.25) is 4.79 Å². The molecule has 0 amide bonds. The fraction of sp³-hybridized carbons (Fsp3) is 0.500. The van der Waals surface area contributed by atoms with Crippen LogP contribution in [0.4, 0.5) is 13.2 Å². The first-order chi connectivity index (χ1) is 13.4. The molecule has 0 saturated heterocycles. The fourth-order valence-corrected chi connectivity index (χ4v) is 5.27. The lowest BCUT2D eigenvalue weighted by molar-refractivity contribution is -0.176. The highest BCUT2D eigenvalue weighted by Crippen LogP contribution is 2.47. The molecule has 2 fully saturated rings. The summed E-state index contributed by atoms with van der Waals surface area (Å²) in [6.45, 7) is 0.872. The molecule has 3 unspecified atom stereocenters. The van der Waals surface area contributed by atoms with Gasteiger partial charge in [-0.05, 0) is 60.1 Å². The smallest absolute Gasteiger partial charge is 0.379 e. The molecule has 2 nitrogen and oxygen atoms in total. The van der Waals surface area contributed by atoms with E-state index in [2.05, 4.69) is 28.9 Å². The van der Waals surface area contributed by atoms with Gasteiger partial charge < -0.3 is 5.32 Å². The van der Waals surface area contributed by atoms with Crippen LogP contribution in [0.5, 0.6) is 0 Å². The van der Waals surface area contributed by atoms with Gasteiger partial charge in [-0.15, -0.1) is 0 Å². The van der Waals surface area contributed by atoms with E-state index in [-0.39, 0.29) is 5.92 Å². The van der Waals surface area contributed by atoms with Crippen LogP contribution < -0.4 is 5.32 Å². The number of nitrogens with one attached hydrogen (secondary N) is 1. The second-order valence-electron chi connectivity index (χ2n) is 7.95. The Bertz CT molecular complexity index is 797. The van der Waals surface area contributed by atoms with Crippen LogP contribution in [0, 0.1) is 11.8 Å². The number of allylic oxidation sites excluding steroid dienone is 2. The number of carbonyl (C=O) groups is 1. The van der Waals surface area contributed by atoms with Gasteiger partial charge in [-0.1, -0.05) is 48.5 Å². The van der Waals surface area contributed by atoms with Crippen LogP contribution in [0.2, 0.25) is 0 Å². The number of ketones is 1. The molecule has 6 heteroatoms. The predicted molar refractivity (Wildman–Crippen MR) is 106 cm³/mol. The van der Waals surface area contributed by atoms with Crippen molar-refractivity contribution in [3.8, 4) is 0 Å². The normalized spacial score (nSPS) is 26.8. The Kier molecular flexibility index (Phi) is 5.59. The van der Waals surface area contributed by atoms with E-state index in [1.165, 1.54) is 22.6 Å². The largest absolute Gasteiger partial charge is 0.450 e. The van der Waals surface area contributed by atoms with Crippen molar-refractivity contribution in [2.75, 3.05) is 6.54 Å². The first kappa shape index (κ1) is 19.6. The molecule has 3 atom stereocenters. The average molecular weight is 408 g/mol. The van der Waals surface area contributed by atoms with Crippen LogP contribution in [0.25, 0.3) is 0 Å².